The average molecular weight is 323 g/mol. The highest BCUT2D eigenvalue weighted by atomic mass is 16.1. The first-order valence-electron chi connectivity index (χ1n) is 7.84. The van der Waals surface area contributed by atoms with Gasteiger partial charge in [0.1, 0.15) is 0 Å². The van der Waals surface area contributed by atoms with E-state index in [4.69, 9.17) is 0 Å². The molecule has 0 bridgehead atoms. The number of aromatic nitrogens is 4. The summed E-state index contributed by atoms with van der Waals surface area (Å²) in [6.45, 7) is 5.98. The fourth-order valence-corrected chi connectivity index (χ4v) is 2.56. The van der Waals surface area contributed by atoms with Crippen LogP contribution in [0.1, 0.15) is 22.6 Å². The fourth-order valence-electron chi connectivity index (χ4n) is 2.56. The van der Waals surface area contributed by atoms with E-state index < -0.39 is 0 Å². The summed E-state index contributed by atoms with van der Waals surface area (Å²) in [6.07, 6.45) is 3.87. The van der Waals surface area contributed by atoms with Gasteiger partial charge in [0.05, 0.1) is 24.6 Å². The van der Waals surface area contributed by atoms with Crippen molar-refractivity contribution in [2.75, 3.05) is 5.32 Å². The Labute approximate surface area is 141 Å². The van der Waals surface area contributed by atoms with Gasteiger partial charge >= 0.3 is 0 Å². The lowest BCUT2D eigenvalue weighted by Gasteiger charge is -2.08. The molecule has 1 aromatic carbocycles. The molecule has 24 heavy (non-hydrogen) atoms. The molecule has 0 aliphatic carbocycles. The molecule has 1 N–H and O–H groups in total. The minimum absolute atomic E-state index is 0.0477. The second-order valence-electron chi connectivity index (χ2n) is 5.94. The first-order valence-corrected chi connectivity index (χ1v) is 7.84. The van der Waals surface area contributed by atoms with Crippen LogP contribution in [0.25, 0.3) is 5.69 Å². The van der Waals surface area contributed by atoms with Crippen molar-refractivity contribution in [1.29, 1.82) is 0 Å². The summed E-state index contributed by atoms with van der Waals surface area (Å²) in [6, 6.07) is 7.74. The summed E-state index contributed by atoms with van der Waals surface area (Å²) < 4.78 is 3.80. The Morgan fingerprint density at radius 1 is 1.12 bits per heavy atom. The van der Waals surface area contributed by atoms with E-state index in [2.05, 4.69) is 15.4 Å². The molecule has 3 rings (SSSR count). The Kier molecular flexibility index (Phi) is 4.20. The quantitative estimate of drug-likeness (QED) is 0.803. The van der Waals surface area contributed by atoms with Crippen molar-refractivity contribution in [1.82, 2.24) is 19.3 Å². The van der Waals surface area contributed by atoms with Gasteiger partial charge in [0.15, 0.2) is 0 Å². The van der Waals surface area contributed by atoms with Gasteiger partial charge in [-0.1, -0.05) is 0 Å². The van der Waals surface area contributed by atoms with Gasteiger partial charge in [0, 0.05) is 35.4 Å². The average Bonchev–Trinajstić information content (AvgIpc) is 3.05. The molecule has 0 saturated heterocycles. The second-order valence-corrected chi connectivity index (χ2v) is 5.94. The van der Waals surface area contributed by atoms with Crippen molar-refractivity contribution >= 4 is 11.6 Å². The van der Waals surface area contributed by atoms with E-state index in [1.807, 2.05) is 63.0 Å². The number of nitrogens with one attached hydrogen (secondary N) is 1. The lowest BCUT2D eigenvalue weighted by Crippen LogP contribution is -2.14. The standard InChI is InChI=1S/C18H21N5O/c1-12-13(2)23(11-19-12)17-7-5-16(6-8-17)21-18(24)9-15-10-20-22(4)14(15)3/h5-8,10-11H,9H2,1-4H3,(H,21,24). The summed E-state index contributed by atoms with van der Waals surface area (Å²) in [5, 5.41) is 7.08. The van der Waals surface area contributed by atoms with Crippen molar-refractivity contribution in [3.05, 3.63) is 59.4 Å². The van der Waals surface area contributed by atoms with Crippen LogP contribution in [0, 0.1) is 20.8 Å². The van der Waals surface area contributed by atoms with Gasteiger partial charge < -0.3 is 9.88 Å². The highest BCUT2D eigenvalue weighted by Crippen LogP contribution is 2.17. The van der Waals surface area contributed by atoms with Crippen LogP contribution in [0.3, 0.4) is 0 Å². The molecule has 1 amide bonds. The normalized spacial score (nSPS) is 10.8. The van der Waals surface area contributed by atoms with Crippen LogP contribution >= 0.6 is 0 Å². The molecular weight excluding hydrogens is 302 g/mol. The number of rotatable bonds is 4. The molecule has 0 aliphatic heterocycles. The molecule has 6 heteroatoms. The Bertz CT molecular complexity index is 873. The fraction of sp³-hybridized carbons (Fsp3) is 0.278. The number of hydrogen-bond donors (Lipinski definition) is 1. The zero-order chi connectivity index (χ0) is 17.3. The lowest BCUT2D eigenvalue weighted by molar-refractivity contribution is -0.115. The van der Waals surface area contributed by atoms with Crippen LogP contribution in [-0.4, -0.2) is 25.2 Å². The van der Waals surface area contributed by atoms with E-state index in [0.29, 0.717) is 6.42 Å². The first-order chi connectivity index (χ1) is 11.5. The first kappa shape index (κ1) is 16.0. The zero-order valence-corrected chi connectivity index (χ0v) is 14.4. The number of carbonyl (C=O) groups is 1. The molecular formula is C18H21N5O. The van der Waals surface area contributed by atoms with E-state index in [9.17, 15) is 4.79 Å². The van der Waals surface area contributed by atoms with E-state index in [1.54, 1.807) is 10.9 Å². The summed E-state index contributed by atoms with van der Waals surface area (Å²) in [7, 11) is 1.87. The van der Waals surface area contributed by atoms with Crippen LogP contribution < -0.4 is 5.32 Å². The van der Waals surface area contributed by atoms with Crippen LogP contribution in [-0.2, 0) is 18.3 Å². The lowest BCUT2D eigenvalue weighted by atomic mass is 10.2. The van der Waals surface area contributed by atoms with Crippen LogP contribution in [0.15, 0.2) is 36.8 Å². The number of amides is 1. The Balaban J connectivity index is 1.69. The minimum Gasteiger partial charge on any atom is -0.326 e. The number of nitrogens with zero attached hydrogens (tertiary/aromatic N) is 4. The van der Waals surface area contributed by atoms with Gasteiger partial charge in [-0.2, -0.15) is 5.10 Å². The highest BCUT2D eigenvalue weighted by molar-refractivity contribution is 5.92. The van der Waals surface area contributed by atoms with Crippen LogP contribution in [0.2, 0.25) is 0 Å². The number of benzene rings is 1. The maximum atomic E-state index is 12.2. The molecule has 2 aromatic heterocycles. The molecule has 0 unspecified atom stereocenters. The van der Waals surface area contributed by atoms with Crippen LogP contribution in [0.5, 0.6) is 0 Å². The SMILES string of the molecule is Cc1ncn(-c2ccc(NC(=O)Cc3cnn(C)c3C)cc2)c1C. The third kappa shape index (κ3) is 3.08. The van der Waals surface area contributed by atoms with Crippen LogP contribution in [0.4, 0.5) is 5.69 Å². The second kappa shape index (κ2) is 6.31. The van der Waals surface area contributed by atoms with E-state index in [0.717, 1.165) is 34.0 Å². The van der Waals surface area contributed by atoms with Gasteiger partial charge in [-0.25, -0.2) is 4.98 Å². The van der Waals surface area contributed by atoms with E-state index >= 15 is 0 Å². The smallest absolute Gasteiger partial charge is 0.228 e. The molecule has 0 spiro atoms. The molecule has 6 nitrogen and oxygen atoms in total. The Morgan fingerprint density at radius 2 is 1.83 bits per heavy atom. The summed E-state index contributed by atoms with van der Waals surface area (Å²) in [5.41, 5.74) is 5.87. The van der Waals surface area contributed by atoms with Gasteiger partial charge in [-0.05, 0) is 45.0 Å². The third-order valence-electron chi connectivity index (χ3n) is 4.37. The van der Waals surface area contributed by atoms with Gasteiger partial charge in [0.25, 0.3) is 0 Å². The van der Waals surface area contributed by atoms with Crippen molar-refractivity contribution in [2.45, 2.75) is 27.2 Å². The number of hydrogen-bond acceptors (Lipinski definition) is 3. The topological polar surface area (TPSA) is 64.7 Å². The Morgan fingerprint density at radius 3 is 2.38 bits per heavy atom. The number of imidazole rings is 1. The molecule has 0 atom stereocenters. The maximum Gasteiger partial charge on any atom is 0.228 e. The molecule has 0 radical (unpaired) electrons. The zero-order valence-electron chi connectivity index (χ0n) is 14.4. The Hall–Kier alpha value is -2.89. The molecule has 0 aliphatic rings. The van der Waals surface area contributed by atoms with Crippen molar-refractivity contribution in [3.63, 3.8) is 0 Å². The van der Waals surface area contributed by atoms with E-state index in [-0.39, 0.29) is 5.91 Å². The van der Waals surface area contributed by atoms with Crippen molar-refractivity contribution in [3.8, 4) is 5.69 Å². The predicted molar refractivity (Wildman–Crippen MR) is 93.3 cm³/mol. The molecule has 124 valence electrons. The van der Waals surface area contributed by atoms with Gasteiger partial charge in [-0.3, -0.25) is 9.48 Å². The molecule has 0 fully saturated rings. The molecule has 0 saturated carbocycles. The third-order valence-corrected chi connectivity index (χ3v) is 4.37. The highest BCUT2D eigenvalue weighted by Gasteiger charge is 2.10. The van der Waals surface area contributed by atoms with Gasteiger partial charge in [-0.15, -0.1) is 0 Å². The number of anilines is 1. The summed E-state index contributed by atoms with van der Waals surface area (Å²) >= 11 is 0. The van der Waals surface area contributed by atoms with E-state index in [1.165, 1.54) is 0 Å². The summed E-state index contributed by atoms with van der Waals surface area (Å²) in [4.78, 5) is 16.5. The number of aryl methyl sites for hydroxylation is 2. The predicted octanol–water partition coefficient (Wildman–Crippen LogP) is 2.71. The molecule has 3 aromatic rings. The summed E-state index contributed by atoms with van der Waals surface area (Å²) in [5.74, 6) is -0.0477. The minimum atomic E-state index is -0.0477. The van der Waals surface area contributed by atoms with Crippen molar-refractivity contribution in [2.24, 2.45) is 7.05 Å². The maximum absolute atomic E-state index is 12.2. The number of carbonyl (C=O) groups excluding carboxylic acids is 1. The largest absolute Gasteiger partial charge is 0.326 e. The molecule has 2 heterocycles. The van der Waals surface area contributed by atoms with Crippen molar-refractivity contribution < 1.29 is 4.79 Å². The monoisotopic (exact) mass is 323 g/mol. The van der Waals surface area contributed by atoms with Gasteiger partial charge in [0.2, 0.25) is 5.91 Å².